The predicted molar refractivity (Wildman–Crippen MR) is 62.0 cm³/mol. The Morgan fingerprint density at radius 2 is 2.25 bits per heavy atom. The van der Waals surface area contributed by atoms with Gasteiger partial charge in [-0.2, -0.15) is 5.26 Å². The topological polar surface area (TPSA) is 91.3 Å². The third-order valence-corrected chi connectivity index (χ3v) is 1.98. The minimum atomic E-state index is 0.0268. The molecule has 86 valence electrons. The highest BCUT2D eigenvalue weighted by molar-refractivity contribution is 5.68. The lowest BCUT2D eigenvalue weighted by Gasteiger charge is -2.09. The van der Waals surface area contributed by atoms with Crippen LogP contribution < -0.4 is 11.1 Å². The van der Waals surface area contributed by atoms with E-state index in [1.807, 2.05) is 6.07 Å². The smallest absolute Gasteiger partial charge is 0.0992 e. The van der Waals surface area contributed by atoms with E-state index in [4.69, 9.17) is 20.8 Å². The van der Waals surface area contributed by atoms with Gasteiger partial charge in [0.15, 0.2) is 0 Å². The number of nitriles is 1. The minimum absolute atomic E-state index is 0.0268. The number of aliphatic hydroxyl groups excluding tert-OH is 1. The molecule has 16 heavy (non-hydrogen) atoms. The summed E-state index contributed by atoms with van der Waals surface area (Å²) in [6, 6.07) is 7.11. The van der Waals surface area contributed by atoms with E-state index in [1.165, 1.54) is 0 Å². The van der Waals surface area contributed by atoms with Crippen LogP contribution in [0, 0.1) is 11.3 Å². The number of aliphatic hydroxyl groups is 1. The highest BCUT2D eigenvalue weighted by Gasteiger charge is 1.99. The van der Waals surface area contributed by atoms with Crippen LogP contribution in [0.1, 0.15) is 5.56 Å². The van der Waals surface area contributed by atoms with Crippen molar-refractivity contribution in [2.75, 3.05) is 37.4 Å². The van der Waals surface area contributed by atoms with Gasteiger partial charge in [0.2, 0.25) is 0 Å². The maximum absolute atomic E-state index is 8.66. The number of rotatable bonds is 6. The molecule has 5 heteroatoms. The van der Waals surface area contributed by atoms with Gasteiger partial charge in [-0.05, 0) is 18.2 Å². The van der Waals surface area contributed by atoms with Crippen molar-refractivity contribution in [1.29, 1.82) is 5.26 Å². The van der Waals surface area contributed by atoms with Crippen molar-refractivity contribution >= 4 is 11.4 Å². The van der Waals surface area contributed by atoms with Crippen molar-refractivity contribution in [3.8, 4) is 6.07 Å². The van der Waals surface area contributed by atoms with Crippen molar-refractivity contribution in [3.63, 3.8) is 0 Å². The van der Waals surface area contributed by atoms with Crippen molar-refractivity contribution in [1.82, 2.24) is 0 Å². The molecule has 0 radical (unpaired) electrons. The highest BCUT2D eigenvalue weighted by Crippen LogP contribution is 2.18. The first-order valence-electron chi connectivity index (χ1n) is 5.00. The fourth-order valence-electron chi connectivity index (χ4n) is 1.22. The van der Waals surface area contributed by atoms with Gasteiger partial charge in [-0.1, -0.05) is 0 Å². The van der Waals surface area contributed by atoms with E-state index in [0.29, 0.717) is 31.0 Å². The number of benzene rings is 1. The van der Waals surface area contributed by atoms with E-state index in [9.17, 15) is 0 Å². The molecule has 0 amide bonds. The minimum Gasteiger partial charge on any atom is -0.397 e. The lowest BCUT2D eigenvalue weighted by Crippen LogP contribution is -2.12. The van der Waals surface area contributed by atoms with Crippen LogP contribution in [-0.4, -0.2) is 31.5 Å². The molecule has 0 spiro atoms. The zero-order valence-electron chi connectivity index (χ0n) is 8.94. The van der Waals surface area contributed by atoms with Gasteiger partial charge < -0.3 is 20.9 Å². The van der Waals surface area contributed by atoms with Crippen molar-refractivity contribution in [2.24, 2.45) is 0 Å². The zero-order chi connectivity index (χ0) is 11.8. The van der Waals surface area contributed by atoms with Gasteiger partial charge in [0.1, 0.15) is 0 Å². The Morgan fingerprint density at radius 1 is 1.44 bits per heavy atom. The molecule has 1 aromatic rings. The molecule has 1 aromatic carbocycles. The fraction of sp³-hybridized carbons (Fsp3) is 0.364. The van der Waals surface area contributed by atoms with Crippen molar-refractivity contribution in [3.05, 3.63) is 23.8 Å². The van der Waals surface area contributed by atoms with Gasteiger partial charge >= 0.3 is 0 Å². The Morgan fingerprint density at radius 3 is 2.88 bits per heavy atom. The van der Waals surface area contributed by atoms with Crippen LogP contribution >= 0.6 is 0 Å². The lowest BCUT2D eigenvalue weighted by atomic mass is 10.2. The molecule has 0 aromatic heterocycles. The van der Waals surface area contributed by atoms with Gasteiger partial charge in [0.25, 0.3) is 0 Å². The van der Waals surface area contributed by atoms with E-state index in [1.54, 1.807) is 18.2 Å². The summed E-state index contributed by atoms with van der Waals surface area (Å²) >= 11 is 0. The molecule has 5 nitrogen and oxygen atoms in total. The molecule has 0 fully saturated rings. The SMILES string of the molecule is N#Cc1ccc(NCCOCCO)c(N)c1. The first kappa shape index (κ1) is 12.3. The van der Waals surface area contributed by atoms with Gasteiger partial charge in [-0.25, -0.2) is 0 Å². The molecular formula is C11H15N3O2. The standard InChI is InChI=1S/C11H15N3O2/c12-8-9-1-2-11(10(13)7-9)14-3-5-16-6-4-15/h1-2,7,14-15H,3-6,13H2. The molecule has 0 aliphatic carbocycles. The van der Waals surface area contributed by atoms with Crippen LogP contribution in [0.3, 0.4) is 0 Å². The van der Waals surface area contributed by atoms with Crippen LogP contribution in [0.4, 0.5) is 11.4 Å². The molecule has 0 atom stereocenters. The second-order valence-electron chi connectivity index (χ2n) is 3.18. The van der Waals surface area contributed by atoms with Crippen molar-refractivity contribution in [2.45, 2.75) is 0 Å². The summed E-state index contributed by atoms with van der Waals surface area (Å²) in [4.78, 5) is 0. The zero-order valence-corrected chi connectivity index (χ0v) is 8.94. The van der Waals surface area contributed by atoms with E-state index in [2.05, 4.69) is 5.32 Å². The molecule has 0 aliphatic rings. The van der Waals surface area contributed by atoms with Gasteiger partial charge in [0, 0.05) is 6.54 Å². The number of ether oxygens (including phenoxy) is 1. The number of nitrogens with two attached hydrogens (primary N) is 1. The Balaban J connectivity index is 2.40. The summed E-state index contributed by atoms with van der Waals surface area (Å²) in [5.74, 6) is 0. The van der Waals surface area contributed by atoms with Crippen molar-refractivity contribution < 1.29 is 9.84 Å². The van der Waals surface area contributed by atoms with E-state index in [-0.39, 0.29) is 6.61 Å². The van der Waals surface area contributed by atoms with E-state index < -0.39 is 0 Å². The molecule has 0 unspecified atom stereocenters. The fourth-order valence-corrected chi connectivity index (χ4v) is 1.22. The van der Waals surface area contributed by atoms with E-state index in [0.717, 1.165) is 5.69 Å². The van der Waals surface area contributed by atoms with Crippen LogP contribution in [-0.2, 0) is 4.74 Å². The summed E-state index contributed by atoms with van der Waals surface area (Å²) in [6.07, 6.45) is 0. The number of nitrogens with one attached hydrogen (secondary N) is 1. The average Bonchev–Trinajstić information content (AvgIpc) is 2.30. The van der Waals surface area contributed by atoms with Crippen LogP contribution in [0.2, 0.25) is 0 Å². The first-order valence-corrected chi connectivity index (χ1v) is 5.00. The molecule has 0 saturated heterocycles. The van der Waals surface area contributed by atoms with Gasteiger partial charge in [0.05, 0.1) is 42.8 Å². The number of hydrogen-bond donors (Lipinski definition) is 3. The highest BCUT2D eigenvalue weighted by atomic mass is 16.5. The molecule has 1 rings (SSSR count). The Bertz CT molecular complexity index is 374. The quantitative estimate of drug-likeness (QED) is 0.482. The number of nitrogen functional groups attached to an aromatic ring is 1. The Hall–Kier alpha value is -1.77. The summed E-state index contributed by atoms with van der Waals surface area (Å²) in [7, 11) is 0. The van der Waals surface area contributed by atoms with Crippen LogP contribution in [0.15, 0.2) is 18.2 Å². The molecule has 4 N–H and O–H groups in total. The molecule has 0 bridgehead atoms. The molecular weight excluding hydrogens is 206 g/mol. The number of anilines is 2. The normalized spacial score (nSPS) is 9.75. The van der Waals surface area contributed by atoms with Gasteiger partial charge in [-0.15, -0.1) is 0 Å². The number of nitrogens with zero attached hydrogens (tertiary/aromatic N) is 1. The Kier molecular flexibility index (Phi) is 5.12. The van der Waals surface area contributed by atoms with Gasteiger partial charge in [-0.3, -0.25) is 0 Å². The maximum atomic E-state index is 8.66. The van der Waals surface area contributed by atoms with Crippen LogP contribution in [0.25, 0.3) is 0 Å². The summed E-state index contributed by atoms with van der Waals surface area (Å²) in [5, 5.41) is 20.2. The summed E-state index contributed by atoms with van der Waals surface area (Å²) in [5.41, 5.74) is 7.61. The molecule has 0 heterocycles. The maximum Gasteiger partial charge on any atom is 0.0992 e. The number of hydrogen-bond acceptors (Lipinski definition) is 5. The van der Waals surface area contributed by atoms with E-state index >= 15 is 0 Å². The third kappa shape index (κ3) is 3.77. The van der Waals surface area contributed by atoms with Crippen LogP contribution in [0.5, 0.6) is 0 Å². The lowest BCUT2D eigenvalue weighted by molar-refractivity contribution is 0.0992. The second-order valence-corrected chi connectivity index (χ2v) is 3.18. The molecule has 0 aliphatic heterocycles. The first-order chi connectivity index (χ1) is 7.77. The largest absolute Gasteiger partial charge is 0.397 e. The monoisotopic (exact) mass is 221 g/mol. The third-order valence-electron chi connectivity index (χ3n) is 1.98. The average molecular weight is 221 g/mol. The summed E-state index contributed by atoms with van der Waals surface area (Å²) < 4.78 is 5.08. The molecule has 0 saturated carbocycles. The second kappa shape index (κ2) is 6.67. The Labute approximate surface area is 94.4 Å². The predicted octanol–water partition coefficient (Wildman–Crippen LogP) is 0.561. The summed E-state index contributed by atoms with van der Waals surface area (Å²) in [6.45, 7) is 1.47.